The van der Waals surface area contributed by atoms with Crippen LogP contribution in [-0.4, -0.2) is 25.9 Å². The SMILES string of the molecule is Cn1nccc1-c1nnc(NC(=O)C(C)(C)C)o1. The highest BCUT2D eigenvalue weighted by Gasteiger charge is 2.23. The van der Waals surface area contributed by atoms with Crippen LogP contribution < -0.4 is 5.32 Å². The second kappa shape index (κ2) is 4.25. The molecular formula is C11H15N5O2. The average Bonchev–Trinajstić information content (AvgIpc) is 2.85. The summed E-state index contributed by atoms with van der Waals surface area (Å²) in [5.41, 5.74) is 0.181. The first-order valence-corrected chi connectivity index (χ1v) is 5.51. The average molecular weight is 249 g/mol. The molecule has 0 aromatic carbocycles. The molecule has 2 aromatic rings. The monoisotopic (exact) mass is 249 g/mol. The Morgan fingerprint density at radius 3 is 2.67 bits per heavy atom. The fourth-order valence-corrected chi connectivity index (χ4v) is 1.25. The Morgan fingerprint density at radius 2 is 2.11 bits per heavy atom. The van der Waals surface area contributed by atoms with Crippen molar-refractivity contribution in [3.05, 3.63) is 12.3 Å². The molecule has 0 radical (unpaired) electrons. The molecule has 0 unspecified atom stereocenters. The lowest BCUT2D eigenvalue weighted by molar-refractivity contribution is -0.123. The molecule has 2 aromatic heterocycles. The number of nitrogens with zero attached hydrogens (tertiary/aromatic N) is 4. The lowest BCUT2D eigenvalue weighted by Crippen LogP contribution is -2.27. The van der Waals surface area contributed by atoms with E-state index in [9.17, 15) is 4.79 Å². The van der Waals surface area contributed by atoms with Gasteiger partial charge < -0.3 is 4.42 Å². The summed E-state index contributed by atoms with van der Waals surface area (Å²) in [7, 11) is 1.77. The summed E-state index contributed by atoms with van der Waals surface area (Å²) in [5.74, 6) is 0.141. The van der Waals surface area contributed by atoms with Crippen molar-refractivity contribution in [3.63, 3.8) is 0 Å². The zero-order valence-electron chi connectivity index (χ0n) is 10.8. The van der Waals surface area contributed by atoms with Crippen LogP contribution in [0.2, 0.25) is 0 Å². The third kappa shape index (κ3) is 2.39. The quantitative estimate of drug-likeness (QED) is 0.870. The summed E-state index contributed by atoms with van der Waals surface area (Å²) in [6.07, 6.45) is 1.63. The van der Waals surface area contributed by atoms with Crippen molar-refractivity contribution in [1.82, 2.24) is 20.0 Å². The van der Waals surface area contributed by atoms with Crippen LogP contribution in [-0.2, 0) is 11.8 Å². The van der Waals surface area contributed by atoms with E-state index >= 15 is 0 Å². The van der Waals surface area contributed by atoms with Crippen LogP contribution in [0.5, 0.6) is 0 Å². The topological polar surface area (TPSA) is 85.8 Å². The third-order valence-electron chi connectivity index (χ3n) is 2.37. The van der Waals surface area contributed by atoms with E-state index in [-0.39, 0.29) is 11.9 Å². The fraction of sp³-hybridized carbons (Fsp3) is 0.455. The van der Waals surface area contributed by atoms with Crippen molar-refractivity contribution < 1.29 is 9.21 Å². The molecule has 1 amide bonds. The zero-order valence-corrected chi connectivity index (χ0v) is 10.8. The van der Waals surface area contributed by atoms with Gasteiger partial charge in [-0.25, -0.2) is 0 Å². The Bertz CT molecular complexity index is 564. The fourth-order valence-electron chi connectivity index (χ4n) is 1.25. The highest BCUT2D eigenvalue weighted by Crippen LogP contribution is 2.20. The molecule has 0 fully saturated rings. The minimum Gasteiger partial charge on any atom is -0.401 e. The van der Waals surface area contributed by atoms with Crippen LogP contribution >= 0.6 is 0 Å². The normalized spacial score (nSPS) is 11.6. The molecule has 7 nitrogen and oxygen atoms in total. The second-order valence-corrected chi connectivity index (χ2v) is 4.96. The summed E-state index contributed by atoms with van der Waals surface area (Å²) < 4.78 is 6.97. The predicted octanol–water partition coefficient (Wildman–Crippen LogP) is 1.45. The van der Waals surface area contributed by atoms with Crippen molar-refractivity contribution >= 4 is 11.9 Å². The van der Waals surface area contributed by atoms with Crippen LogP contribution in [0.1, 0.15) is 20.8 Å². The van der Waals surface area contributed by atoms with Crippen molar-refractivity contribution in [1.29, 1.82) is 0 Å². The molecule has 0 saturated heterocycles. The number of aryl methyl sites for hydroxylation is 1. The largest absolute Gasteiger partial charge is 0.401 e. The molecule has 2 rings (SSSR count). The van der Waals surface area contributed by atoms with Crippen molar-refractivity contribution in [3.8, 4) is 11.6 Å². The standard InChI is InChI=1S/C11H15N5O2/c1-11(2,3)9(17)13-10-15-14-8(18-10)7-5-6-12-16(7)4/h5-6H,1-4H3,(H,13,15,17). The van der Waals surface area contributed by atoms with Gasteiger partial charge in [0.15, 0.2) is 0 Å². The van der Waals surface area contributed by atoms with E-state index in [0.717, 1.165) is 0 Å². The number of hydrogen-bond donors (Lipinski definition) is 1. The summed E-state index contributed by atoms with van der Waals surface area (Å²) in [4.78, 5) is 11.7. The van der Waals surface area contributed by atoms with Gasteiger partial charge in [-0.05, 0) is 6.07 Å². The van der Waals surface area contributed by atoms with Crippen molar-refractivity contribution in [2.45, 2.75) is 20.8 Å². The predicted molar refractivity (Wildman–Crippen MR) is 64.6 cm³/mol. The number of carbonyl (C=O) groups is 1. The van der Waals surface area contributed by atoms with Crippen molar-refractivity contribution in [2.75, 3.05) is 5.32 Å². The Labute approximate surface area is 104 Å². The molecule has 0 aliphatic carbocycles. The molecule has 0 saturated carbocycles. The maximum atomic E-state index is 11.7. The van der Waals surface area contributed by atoms with Crippen molar-refractivity contribution in [2.24, 2.45) is 12.5 Å². The van der Waals surface area contributed by atoms with E-state index < -0.39 is 5.41 Å². The number of anilines is 1. The number of aromatic nitrogens is 4. The van der Waals surface area contributed by atoms with Gasteiger partial charge in [0.25, 0.3) is 5.89 Å². The molecule has 0 aliphatic rings. The Morgan fingerprint density at radius 1 is 1.39 bits per heavy atom. The van der Waals surface area contributed by atoms with Crippen LogP contribution in [0.4, 0.5) is 6.01 Å². The zero-order chi connectivity index (χ0) is 13.3. The summed E-state index contributed by atoms with van der Waals surface area (Å²) in [6, 6.07) is 1.84. The minimum absolute atomic E-state index is 0.0890. The number of nitrogens with one attached hydrogen (secondary N) is 1. The van der Waals surface area contributed by atoms with E-state index in [1.54, 1.807) is 44.8 Å². The van der Waals surface area contributed by atoms with E-state index in [0.29, 0.717) is 11.6 Å². The number of hydrogen-bond acceptors (Lipinski definition) is 5. The highest BCUT2D eigenvalue weighted by molar-refractivity contribution is 5.92. The van der Waals surface area contributed by atoms with E-state index in [1.165, 1.54) is 0 Å². The molecule has 0 aliphatic heterocycles. The smallest absolute Gasteiger partial charge is 0.322 e. The van der Waals surface area contributed by atoms with Gasteiger partial charge in [0.2, 0.25) is 5.91 Å². The molecular weight excluding hydrogens is 234 g/mol. The van der Waals surface area contributed by atoms with Gasteiger partial charge in [-0.15, -0.1) is 5.10 Å². The molecule has 0 atom stereocenters. The second-order valence-electron chi connectivity index (χ2n) is 4.96. The number of rotatable bonds is 2. The van der Waals surface area contributed by atoms with Gasteiger partial charge >= 0.3 is 6.01 Å². The summed E-state index contributed by atoms with van der Waals surface area (Å²) >= 11 is 0. The van der Waals surface area contributed by atoms with Gasteiger partial charge in [0, 0.05) is 18.7 Å². The van der Waals surface area contributed by atoms with Gasteiger partial charge in [-0.1, -0.05) is 25.9 Å². The lowest BCUT2D eigenvalue weighted by Gasteiger charge is -2.15. The number of amides is 1. The van der Waals surface area contributed by atoms with Crippen LogP contribution in [0.3, 0.4) is 0 Å². The molecule has 0 bridgehead atoms. The number of carbonyl (C=O) groups excluding carboxylic acids is 1. The van der Waals surface area contributed by atoms with Crippen LogP contribution in [0.25, 0.3) is 11.6 Å². The Balaban J connectivity index is 2.17. The molecule has 1 N–H and O–H groups in total. The maximum Gasteiger partial charge on any atom is 0.322 e. The van der Waals surface area contributed by atoms with Gasteiger partial charge in [-0.3, -0.25) is 14.8 Å². The molecule has 2 heterocycles. The first-order chi connectivity index (χ1) is 8.38. The summed E-state index contributed by atoms with van der Waals surface area (Å²) in [5, 5.41) is 14.2. The Hall–Kier alpha value is -2.18. The van der Waals surface area contributed by atoms with Crippen LogP contribution in [0, 0.1) is 5.41 Å². The minimum atomic E-state index is -0.513. The molecule has 7 heteroatoms. The van der Waals surface area contributed by atoms with Gasteiger partial charge in [-0.2, -0.15) is 5.10 Å². The maximum absolute atomic E-state index is 11.7. The molecule has 0 spiro atoms. The van der Waals surface area contributed by atoms with E-state index in [2.05, 4.69) is 20.6 Å². The summed E-state index contributed by atoms with van der Waals surface area (Å²) in [6.45, 7) is 5.42. The van der Waals surface area contributed by atoms with Gasteiger partial charge in [0.05, 0.1) is 0 Å². The molecule has 96 valence electrons. The lowest BCUT2D eigenvalue weighted by atomic mass is 9.96. The third-order valence-corrected chi connectivity index (χ3v) is 2.37. The van der Waals surface area contributed by atoms with Crippen LogP contribution in [0.15, 0.2) is 16.7 Å². The van der Waals surface area contributed by atoms with E-state index in [1.807, 2.05) is 0 Å². The first kappa shape index (κ1) is 12.3. The highest BCUT2D eigenvalue weighted by atomic mass is 16.4. The first-order valence-electron chi connectivity index (χ1n) is 5.51. The Kier molecular flexibility index (Phi) is 2.90. The van der Waals surface area contributed by atoms with Gasteiger partial charge in [0.1, 0.15) is 5.69 Å². The van der Waals surface area contributed by atoms with E-state index in [4.69, 9.17) is 4.42 Å². The molecule has 18 heavy (non-hydrogen) atoms.